The number of carbonyl (C=O) groups excluding carboxylic acids is 1. The summed E-state index contributed by atoms with van der Waals surface area (Å²) in [5.41, 5.74) is 0.555. The number of unbranched alkanes of at least 4 members (excludes halogenated alkanes) is 1. The molecule has 1 aromatic heterocycles. The van der Waals surface area contributed by atoms with Crippen LogP contribution < -0.4 is 14.8 Å². The highest BCUT2D eigenvalue weighted by Crippen LogP contribution is 2.28. The molecule has 7 nitrogen and oxygen atoms in total. The molecule has 1 aliphatic heterocycles. The van der Waals surface area contributed by atoms with E-state index in [2.05, 4.69) is 27.0 Å². The van der Waals surface area contributed by atoms with Gasteiger partial charge in [-0.1, -0.05) is 19.8 Å². The number of rotatable bonds is 9. The normalized spacial score (nSPS) is 13.5. The Morgan fingerprint density at radius 3 is 2.93 bits per heavy atom. The molecule has 0 spiro atoms. The SMILES string of the molecule is CCCCOc1ccc(C(=O)NCCc2nnc3n2CCCCC3)cc1OC. The number of aryl methyl sites for hydroxylation is 1. The second-order valence-electron chi connectivity index (χ2n) is 7.07. The summed E-state index contributed by atoms with van der Waals surface area (Å²) in [5.74, 6) is 3.14. The van der Waals surface area contributed by atoms with Gasteiger partial charge in [0.1, 0.15) is 11.6 Å². The first-order chi connectivity index (χ1) is 13.7. The summed E-state index contributed by atoms with van der Waals surface area (Å²) in [6.45, 7) is 4.25. The third-order valence-corrected chi connectivity index (χ3v) is 5.00. The van der Waals surface area contributed by atoms with Crippen LogP contribution in [-0.4, -0.2) is 40.9 Å². The molecule has 0 unspecified atom stereocenters. The van der Waals surface area contributed by atoms with Crippen molar-refractivity contribution in [3.63, 3.8) is 0 Å². The number of methoxy groups -OCH3 is 1. The lowest BCUT2D eigenvalue weighted by Gasteiger charge is -2.12. The van der Waals surface area contributed by atoms with E-state index in [1.165, 1.54) is 12.8 Å². The summed E-state index contributed by atoms with van der Waals surface area (Å²) in [5, 5.41) is 11.6. The third-order valence-electron chi connectivity index (χ3n) is 5.00. The maximum Gasteiger partial charge on any atom is 0.251 e. The van der Waals surface area contributed by atoms with Crippen molar-refractivity contribution >= 4 is 5.91 Å². The molecule has 0 saturated carbocycles. The van der Waals surface area contributed by atoms with Crippen molar-refractivity contribution < 1.29 is 14.3 Å². The Morgan fingerprint density at radius 1 is 1.21 bits per heavy atom. The van der Waals surface area contributed by atoms with Gasteiger partial charge in [0, 0.05) is 31.5 Å². The molecule has 1 amide bonds. The zero-order valence-corrected chi connectivity index (χ0v) is 16.9. The fraction of sp³-hybridized carbons (Fsp3) is 0.571. The smallest absolute Gasteiger partial charge is 0.251 e. The van der Waals surface area contributed by atoms with Crippen molar-refractivity contribution in [1.82, 2.24) is 20.1 Å². The summed E-state index contributed by atoms with van der Waals surface area (Å²) < 4.78 is 13.3. The molecule has 0 radical (unpaired) electrons. The molecular weight excluding hydrogens is 356 g/mol. The van der Waals surface area contributed by atoms with Crippen LogP contribution in [0.15, 0.2) is 18.2 Å². The second-order valence-corrected chi connectivity index (χ2v) is 7.07. The van der Waals surface area contributed by atoms with Crippen molar-refractivity contribution in [3.8, 4) is 11.5 Å². The van der Waals surface area contributed by atoms with Gasteiger partial charge in [-0.15, -0.1) is 10.2 Å². The van der Waals surface area contributed by atoms with Crippen LogP contribution >= 0.6 is 0 Å². The quantitative estimate of drug-likeness (QED) is 0.670. The summed E-state index contributed by atoms with van der Waals surface area (Å²) in [6, 6.07) is 5.28. The average molecular weight is 386 g/mol. The van der Waals surface area contributed by atoms with E-state index in [0.717, 1.165) is 43.9 Å². The summed E-state index contributed by atoms with van der Waals surface area (Å²) in [6.07, 6.45) is 7.29. The number of hydrogen-bond acceptors (Lipinski definition) is 5. The highest BCUT2D eigenvalue weighted by atomic mass is 16.5. The van der Waals surface area contributed by atoms with Gasteiger partial charge in [-0.25, -0.2) is 0 Å². The number of aromatic nitrogens is 3. The van der Waals surface area contributed by atoms with Crippen LogP contribution in [0.2, 0.25) is 0 Å². The minimum atomic E-state index is -0.131. The van der Waals surface area contributed by atoms with Crippen LogP contribution in [0.4, 0.5) is 0 Å². The van der Waals surface area contributed by atoms with E-state index in [9.17, 15) is 4.79 Å². The molecule has 0 aliphatic carbocycles. The maximum absolute atomic E-state index is 12.5. The first kappa shape index (κ1) is 20.2. The number of carbonyl (C=O) groups is 1. The molecule has 7 heteroatoms. The van der Waals surface area contributed by atoms with Crippen LogP contribution in [-0.2, 0) is 19.4 Å². The second kappa shape index (κ2) is 10.1. The Labute approximate surface area is 166 Å². The molecule has 3 rings (SSSR count). The molecule has 1 N–H and O–H groups in total. The van der Waals surface area contributed by atoms with Crippen LogP contribution in [0, 0.1) is 0 Å². The fourth-order valence-electron chi connectivity index (χ4n) is 3.37. The van der Waals surface area contributed by atoms with Gasteiger partial charge in [0.25, 0.3) is 5.91 Å². The molecule has 28 heavy (non-hydrogen) atoms. The number of fused-ring (bicyclic) bond motifs is 1. The standard InChI is InChI=1S/C21H30N4O3/c1-3-4-14-28-17-10-9-16(15-18(17)27-2)21(26)22-12-11-20-24-23-19-8-6-5-7-13-25(19)20/h9-10,15H,3-8,11-14H2,1-2H3,(H,22,26). The highest BCUT2D eigenvalue weighted by Gasteiger charge is 2.15. The first-order valence-corrected chi connectivity index (χ1v) is 10.2. The van der Waals surface area contributed by atoms with Crippen LogP contribution in [0.3, 0.4) is 0 Å². The van der Waals surface area contributed by atoms with E-state index in [1.54, 1.807) is 25.3 Å². The van der Waals surface area contributed by atoms with Gasteiger partial charge in [0.05, 0.1) is 13.7 Å². The van der Waals surface area contributed by atoms with Crippen LogP contribution in [0.5, 0.6) is 11.5 Å². The lowest BCUT2D eigenvalue weighted by atomic mass is 10.2. The number of nitrogens with zero attached hydrogens (tertiary/aromatic N) is 3. The molecule has 1 aliphatic rings. The van der Waals surface area contributed by atoms with Gasteiger partial charge in [-0.05, 0) is 37.5 Å². The van der Waals surface area contributed by atoms with E-state index >= 15 is 0 Å². The third kappa shape index (κ3) is 5.03. The minimum Gasteiger partial charge on any atom is -0.493 e. The van der Waals surface area contributed by atoms with E-state index in [1.807, 2.05) is 0 Å². The number of benzene rings is 1. The van der Waals surface area contributed by atoms with Crippen molar-refractivity contribution in [2.45, 2.75) is 58.4 Å². The van der Waals surface area contributed by atoms with E-state index in [4.69, 9.17) is 9.47 Å². The van der Waals surface area contributed by atoms with Gasteiger partial charge >= 0.3 is 0 Å². The van der Waals surface area contributed by atoms with E-state index in [-0.39, 0.29) is 5.91 Å². The molecular formula is C21H30N4O3. The lowest BCUT2D eigenvalue weighted by molar-refractivity contribution is 0.0953. The van der Waals surface area contributed by atoms with E-state index in [0.29, 0.717) is 36.6 Å². The number of ether oxygens (including phenoxy) is 2. The molecule has 0 bridgehead atoms. The van der Waals surface area contributed by atoms with Crippen molar-refractivity contribution in [3.05, 3.63) is 35.4 Å². The fourth-order valence-corrected chi connectivity index (χ4v) is 3.37. The summed E-state index contributed by atoms with van der Waals surface area (Å²) in [4.78, 5) is 12.5. The largest absolute Gasteiger partial charge is 0.493 e. The number of hydrogen-bond donors (Lipinski definition) is 1. The average Bonchev–Trinajstić information content (AvgIpc) is 2.94. The Hall–Kier alpha value is -2.57. The monoisotopic (exact) mass is 386 g/mol. The van der Waals surface area contributed by atoms with Gasteiger partial charge in [0.2, 0.25) is 0 Å². The molecule has 2 heterocycles. The predicted octanol–water partition coefficient (Wildman–Crippen LogP) is 3.16. The molecule has 1 aromatic carbocycles. The molecule has 152 valence electrons. The Bertz CT molecular complexity index is 788. The summed E-state index contributed by atoms with van der Waals surface area (Å²) >= 11 is 0. The van der Waals surface area contributed by atoms with Gasteiger partial charge < -0.3 is 19.4 Å². The predicted molar refractivity (Wildman–Crippen MR) is 107 cm³/mol. The molecule has 0 atom stereocenters. The minimum absolute atomic E-state index is 0.131. The van der Waals surface area contributed by atoms with E-state index < -0.39 is 0 Å². The van der Waals surface area contributed by atoms with Gasteiger partial charge in [0.15, 0.2) is 11.5 Å². The lowest BCUT2D eigenvalue weighted by Crippen LogP contribution is -2.26. The van der Waals surface area contributed by atoms with Crippen LogP contribution in [0.25, 0.3) is 0 Å². The maximum atomic E-state index is 12.5. The first-order valence-electron chi connectivity index (χ1n) is 10.2. The van der Waals surface area contributed by atoms with Crippen molar-refractivity contribution in [2.75, 3.05) is 20.3 Å². The van der Waals surface area contributed by atoms with Crippen LogP contribution in [0.1, 0.15) is 61.0 Å². The molecule has 2 aromatic rings. The van der Waals surface area contributed by atoms with Gasteiger partial charge in [-0.3, -0.25) is 4.79 Å². The zero-order valence-electron chi connectivity index (χ0n) is 16.9. The highest BCUT2D eigenvalue weighted by molar-refractivity contribution is 5.94. The topological polar surface area (TPSA) is 78.3 Å². The molecule has 0 saturated heterocycles. The number of nitrogens with one attached hydrogen (secondary N) is 1. The van der Waals surface area contributed by atoms with Crippen molar-refractivity contribution in [1.29, 1.82) is 0 Å². The van der Waals surface area contributed by atoms with Crippen molar-refractivity contribution in [2.24, 2.45) is 0 Å². The Morgan fingerprint density at radius 2 is 2.11 bits per heavy atom. The number of amides is 1. The molecule has 0 fully saturated rings. The Kier molecular flexibility index (Phi) is 7.28. The summed E-state index contributed by atoms with van der Waals surface area (Å²) in [7, 11) is 1.58. The van der Waals surface area contributed by atoms with Gasteiger partial charge in [-0.2, -0.15) is 0 Å². The Balaban J connectivity index is 1.55. The zero-order chi connectivity index (χ0) is 19.8.